The SMILES string of the molecule is CCCCCN1CCC2(c3cccc(O)c3)CCCCC2C1. The molecule has 0 amide bonds. The second kappa shape index (κ2) is 7.04. The molecule has 1 aromatic rings. The zero-order valence-electron chi connectivity index (χ0n) is 14.1. The van der Waals surface area contributed by atoms with E-state index in [9.17, 15) is 5.11 Å². The van der Waals surface area contributed by atoms with Gasteiger partial charge in [-0.05, 0) is 62.4 Å². The fourth-order valence-electron chi connectivity index (χ4n) is 4.80. The molecule has 0 radical (unpaired) electrons. The summed E-state index contributed by atoms with van der Waals surface area (Å²) >= 11 is 0. The van der Waals surface area contributed by atoms with Gasteiger partial charge in [-0.3, -0.25) is 0 Å². The van der Waals surface area contributed by atoms with Crippen molar-refractivity contribution in [3.05, 3.63) is 29.8 Å². The fraction of sp³-hybridized carbons (Fsp3) is 0.700. The highest BCUT2D eigenvalue weighted by Crippen LogP contribution is 2.49. The average Bonchev–Trinajstić information content (AvgIpc) is 2.55. The quantitative estimate of drug-likeness (QED) is 0.796. The first kappa shape index (κ1) is 15.9. The van der Waals surface area contributed by atoms with Gasteiger partial charge in [-0.2, -0.15) is 0 Å². The number of hydrogen-bond donors (Lipinski definition) is 1. The van der Waals surface area contributed by atoms with Gasteiger partial charge in [0.2, 0.25) is 0 Å². The number of benzene rings is 1. The first-order chi connectivity index (χ1) is 10.7. The normalized spacial score (nSPS) is 29.2. The van der Waals surface area contributed by atoms with Crippen molar-refractivity contribution in [1.82, 2.24) is 4.90 Å². The molecule has 1 aromatic carbocycles. The van der Waals surface area contributed by atoms with E-state index in [1.54, 1.807) is 6.07 Å². The summed E-state index contributed by atoms with van der Waals surface area (Å²) in [5, 5.41) is 9.92. The van der Waals surface area contributed by atoms with Gasteiger partial charge in [0, 0.05) is 12.0 Å². The van der Waals surface area contributed by atoms with Crippen LogP contribution in [0.2, 0.25) is 0 Å². The van der Waals surface area contributed by atoms with E-state index in [4.69, 9.17) is 0 Å². The van der Waals surface area contributed by atoms with Crippen LogP contribution in [-0.2, 0) is 5.41 Å². The Morgan fingerprint density at radius 2 is 2.14 bits per heavy atom. The molecule has 1 N–H and O–H groups in total. The Balaban J connectivity index is 1.75. The second-order valence-corrected chi connectivity index (χ2v) is 7.41. The lowest BCUT2D eigenvalue weighted by atomic mass is 9.59. The van der Waals surface area contributed by atoms with E-state index in [0.29, 0.717) is 11.2 Å². The predicted octanol–water partition coefficient (Wildman–Crippen LogP) is 4.72. The summed E-state index contributed by atoms with van der Waals surface area (Å²) in [6, 6.07) is 8.12. The third-order valence-electron chi connectivity index (χ3n) is 6.06. The molecule has 1 saturated carbocycles. The van der Waals surface area contributed by atoms with Crippen molar-refractivity contribution < 1.29 is 5.11 Å². The smallest absolute Gasteiger partial charge is 0.115 e. The van der Waals surface area contributed by atoms with Gasteiger partial charge in [0.15, 0.2) is 0 Å². The van der Waals surface area contributed by atoms with Crippen LogP contribution < -0.4 is 0 Å². The molecule has 2 aliphatic rings. The summed E-state index contributed by atoms with van der Waals surface area (Å²) in [5.74, 6) is 1.21. The van der Waals surface area contributed by atoms with Gasteiger partial charge < -0.3 is 10.0 Å². The molecule has 0 spiro atoms. The highest BCUT2D eigenvalue weighted by Gasteiger charge is 2.45. The van der Waals surface area contributed by atoms with E-state index < -0.39 is 0 Å². The van der Waals surface area contributed by atoms with Gasteiger partial charge in [-0.25, -0.2) is 0 Å². The fourth-order valence-corrected chi connectivity index (χ4v) is 4.80. The molecule has 0 aromatic heterocycles. The number of fused-ring (bicyclic) bond motifs is 1. The largest absolute Gasteiger partial charge is 0.508 e. The van der Waals surface area contributed by atoms with Crippen LogP contribution in [-0.4, -0.2) is 29.6 Å². The minimum atomic E-state index is 0.332. The van der Waals surface area contributed by atoms with Gasteiger partial charge in [0.1, 0.15) is 5.75 Å². The van der Waals surface area contributed by atoms with Crippen molar-refractivity contribution in [3.63, 3.8) is 0 Å². The van der Waals surface area contributed by atoms with E-state index in [1.807, 2.05) is 12.1 Å². The molecule has 122 valence electrons. The van der Waals surface area contributed by atoms with E-state index in [0.717, 1.165) is 5.92 Å². The Labute approximate surface area is 135 Å². The molecule has 2 atom stereocenters. The highest BCUT2D eigenvalue weighted by atomic mass is 16.3. The standard InChI is InChI=1S/C20H31NO/c1-2-3-6-13-21-14-12-20(11-5-4-8-18(20)16-21)17-9-7-10-19(22)15-17/h7,9-10,15,18,22H,2-6,8,11-14,16H2,1H3. The number of aromatic hydroxyl groups is 1. The van der Waals surface area contributed by atoms with Gasteiger partial charge >= 0.3 is 0 Å². The lowest BCUT2D eigenvalue weighted by Gasteiger charge is -2.51. The summed E-state index contributed by atoms with van der Waals surface area (Å²) in [5.41, 5.74) is 1.73. The van der Waals surface area contributed by atoms with E-state index in [2.05, 4.69) is 17.9 Å². The maximum Gasteiger partial charge on any atom is 0.115 e. The number of rotatable bonds is 5. The number of nitrogens with zero attached hydrogens (tertiary/aromatic N) is 1. The molecule has 3 rings (SSSR count). The molecule has 2 nitrogen and oxygen atoms in total. The molecule has 0 bridgehead atoms. The minimum absolute atomic E-state index is 0.332. The van der Waals surface area contributed by atoms with Crippen LogP contribution in [0.1, 0.15) is 63.9 Å². The number of likely N-dealkylation sites (tertiary alicyclic amines) is 1. The maximum atomic E-state index is 9.92. The van der Waals surface area contributed by atoms with Crippen LogP contribution in [0.5, 0.6) is 5.75 Å². The summed E-state index contributed by atoms with van der Waals surface area (Å²) in [7, 11) is 0. The number of phenolic OH excluding ortho intramolecular Hbond substituents is 1. The predicted molar refractivity (Wildman–Crippen MR) is 92.3 cm³/mol. The molecule has 2 heteroatoms. The molecule has 1 aliphatic carbocycles. The molecular formula is C20H31NO. The first-order valence-corrected chi connectivity index (χ1v) is 9.26. The molecule has 2 fully saturated rings. The van der Waals surface area contributed by atoms with Gasteiger partial charge in [0.05, 0.1) is 0 Å². The molecule has 22 heavy (non-hydrogen) atoms. The van der Waals surface area contributed by atoms with Crippen molar-refractivity contribution in [2.24, 2.45) is 5.92 Å². The van der Waals surface area contributed by atoms with E-state index in [1.165, 1.54) is 76.6 Å². The number of phenols is 1. The van der Waals surface area contributed by atoms with Gasteiger partial charge in [-0.15, -0.1) is 0 Å². The molecule has 1 heterocycles. The molecule has 1 saturated heterocycles. The van der Waals surface area contributed by atoms with Crippen molar-refractivity contribution >= 4 is 0 Å². The van der Waals surface area contributed by atoms with Crippen molar-refractivity contribution in [2.75, 3.05) is 19.6 Å². The van der Waals surface area contributed by atoms with Crippen LogP contribution >= 0.6 is 0 Å². The Morgan fingerprint density at radius 3 is 2.95 bits per heavy atom. The first-order valence-electron chi connectivity index (χ1n) is 9.26. The van der Waals surface area contributed by atoms with Crippen molar-refractivity contribution in [3.8, 4) is 5.75 Å². The summed E-state index contributed by atoms with van der Waals surface area (Å²) in [6.45, 7) is 6.06. The van der Waals surface area contributed by atoms with Crippen LogP contribution in [0.15, 0.2) is 24.3 Å². The van der Waals surface area contributed by atoms with E-state index >= 15 is 0 Å². The molecule has 2 unspecified atom stereocenters. The Kier molecular flexibility index (Phi) is 5.07. The Morgan fingerprint density at radius 1 is 1.23 bits per heavy atom. The van der Waals surface area contributed by atoms with Crippen LogP contribution in [0.4, 0.5) is 0 Å². The maximum absolute atomic E-state index is 9.92. The third-order valence-corrected chi connectivity index (χ3v) is 6.06. The lowest BCUT2D eigenvalue weighted by Crippen LogP contribution is -2.51. The van der Waals surface area contributed by atoms with Crippen molar-refractivity contribution in [2.45, 2.75) is 63.7 Å². The molecule has 1 aliphatic heterocycles. The topological polar surface area (TPSA) is 23.5 Å². The second-order valence-electron chi connectivity index (χ2n) is 7.41. The summed E-state index contributed by atoms with van der Waals surface area (Å²) in [4.78, 5) is 2.70. The van der Waals surface area contributed by atoms with Gasteiger partial charge in [0.25, 0.3) is 0 Å². The summed E-state index contributed by atoms with van der Waals surface area (Å²) in [6.07, 6.45) is 10.7. The van der Waals surface area contributed by atoms with E-state index in [-0.39, 0.29) is 0 Å². The molecular weight excluding hydrogens is 270 g/mol. The highest BCUT2D eigenvalue weighted by molar-refractivity contribution is 5.35. The number of piperidine rings is 1. The van der Waals surface area contributed by atoms with Crippen LogP contribution in [0, 0.1) is 5.92 Å². The lowest BCUT2D eigenvalue weighted by molar-refractivity contribution is 0.0553. The van der Waals surface area contributed by atoms with Gasteiger partial charge in [-0.1, -0.05) is 44.7 Å². The van der Waals surface area contributed by atoms with Crippen molar-refractivity contribution in [1.29, 1.82) is 0 Å². The number of unbranched alkanes of at least 4 members (excludes halogenated alkanes) is 2. The number of hydrogen-bond acceptors (Lipinski definition) is 2. The minimum Gasteiger partial charge on any atom is -0.508 e. The van der Waals surface area contributed by atoms with Crippen LogP contribution in [0.3, 0.4) is 0 Å². The van der Waals surface area contributed by atoms with Crippen LogP contribution in [0.25, 0.3) is 0 Å². The average molecular weight is 301 g/mol. The third kappa shape index (κ3) is 3.17. The zero-order chi connectivity index (χ0) is 15.4. The zero-order valence-corrected chi connectivity index (χ0v) is 14.1. The monoisotopic (exact) mass is 301 g/mol. The Bertz CT molecular complexity index is 486. The summed E-state index contributed by atoms with van der Waals surface area (Å²) < 4.78 is 0. The Hall–Kier alpha value is -1.02.